The van der Waals surface area contributed by atoms with Crippen molar-refractivity contribution in [2.75, 3.05) is 12.4 Å². The van der Waals surface area contributed by atoms with Crippen molar-refractivity contribution in [1.82, 2.24) is 0 Å². The first-order chi connectivity index (χ1) is 9.73. The lowest BCUT2D eigenvalue weighted by atomic mass is 9.80. The fourth-order valence-corrected chi connectivity index (χ4v) is 3.77. The van der Waals surface area contributed by atoms with E-state index in [1.807, 2.05) is 0 Å². The van der Waals surface area contributed by atoms with E-state index in [0.29, 0.717) is 23.5 Å². The molecular weight excluding hydrogens is 292 g/mol. The molecule has 3 unspecified atom stereocenters. The van der Waals surface area contributed by atoms with E-state index in [1.165, 1.54) is 6.92 Å². The van der Waals surface area contributed by atoms with Gasteiger partial charge in [0.2, 0.25) is 0 Å². The van der Waals surface area contributed by atoms with Gasteiger partial charge in [-0.05, 0) is 17.8 Å². The predicted octanol–water partition coefficient (Wildman–Crippen LogP) is 2.64. The summed E-state index contributed by atoms with van der Waals surface area (Å²) < 4.78 is 11.1. The molecule has 6 heteroatoms. The molecule has 1 rings (SSSR count). The summed E-state index contributed by atoms with van der Waals surface area (Å²) in [7, 11) is 0. The van der Waals surface area contributed by atoms with Crippen molar-refractivity contribution in [3.63, 3.8) is 0 Å². The standard InChI is InChI=1S/C15H26O5S/c1-8(14(17)18)7-21-15-11(4)9(2)10(3)13(20-15)6-19-12(5)16/h8-11,13,15H,6-7H2,1-5H3,(H,17,18)/t8?,9-,10-,11?,13?,15-/m0/s1. The summed E-state index contributed by atoms with van der Waals surface area (Å²) in [5, 5.41) is 8.96. The average molecular weight is 318 g/mol. The summed E-state index contributed by atoms with van der Waals surface area (Å²) in [4.78, 5) is 21.9. The fourth-order valence-electron chi connectivity index (χ4n) is 2.38. The van der Waals surface area contributed by atoms with Crippen LogP contribution in [0.2, 0.25) is 0 Å². The van der Waals surface area contributed by atoms with Gasteiger partial charge in [-0.2, -0.15) is 0 Å². The maximum Gasteiger partial charge on any atom is 0.307 e. The van der Waals surface area contributed by atoms with Crippen LogP contribution in [0, 0.1) is 23.7 Å². The predicted molar refractivity (Wildman–Crippen MR) is 82.0 cm³/mol. The Labute approximate surface area is 130 Å². The molecule has 122 valence electrons. The van der Waals surface area contributed by atoms with Crippen LogP contribution < -0.4 is 0 Å². The Morgan fingerprint density at radius 1 is 1.24 bits per heavy atom. The van der Waals surface area contributed by atoms with Crippen LogP contribution in [0.5, 0.6) is 0 Å². The lowest BCUT2D eigenvalue weighted by Gasteiger charge is -2.43. The first-order valence-electron chi connectivity index (χ1n) is 7.37. The number of carbonyl (C=O) groups is 2. The Hall–Kier alpha value is -0.750. The lowest BCUT2D eigenvalue weighted by molar-refractivity contribution is -0.156. The maximum atomic E-state index is 11.0. The van der Waals surface area contributed by atoms with Crippen LogP contribution in [0.1, 0.15) is 34.6 Å². The summed E-state index contributed by atoms with van der Waals surface area (Å²) in [5.74, 6) is 0.0905. The molecule has 0 bridgehead atoms. The second-order valence-electron chi connectivity index (χ2n) is 6.00. The van der Waals surface area contributed by atoms with Crippen LogP contribution in [0.15, 0.2) is 0 Å². The highest BCUT2D eigenvalue weighted by Gasteiger charge is 2.39. The van der Waals surface area contributed by atoms with Gasteiger partial charge in [-0.1, -0.05) is 27.7 Å². The Kier molecular flexibility index (Phi) is 7.00. The Morgan fingerprint density at radius 2 is 1.86 bits per heavy atom. The van der Waals surface area contributed by atoms with E-state index >= 15 is 0 Å². The van der Waals surface area contributed by atoms with E-state index in [1.54, 1.807) is 18.7 Å². The van der Waals surface area contributed by atoms with Gasteiger partial charge in [-0.25, -0.2) is 0 Å². The molecule has 1 aliphatic heterocycles. The van der Waals surface area contributed by atoms with Crippen LogP contribution >= 0.6 is 11.8 Å². The molecule has 0 aromatic carbocycles. The van der Waals surface area contributed by atoms with E-state index in [0.717, 1.165) is 0 Å². The number of rotatable bonds is 6. The van der Waals surface area contributed by atoms with Gasteiger partial charge in [0.15, 0.2) is 0 Å². The van der Waals surface area contributed by atoms with Gasteiger partial charge >= 0.3 is 11.9 Å². The molecule has 1 saturated heterocycles. The summed E-state index contributed by atoms with van der Waals surface area (Å²) in [6.07, 6.45) is -0.127. The van der Waals surface area contributed by atoms with Crippen molar-refractivity contribution >= 4 is 23.7 Å². The fraction of sp³-hybridized carbons (Fsp3) is 0.867. The van der Waals surface area contributed by atoms with Gasteiger partial charge in [0.1, 0.15) is 12.0 Å². The first kappa shape index (κ1) is 18.3. The first-order valence-corrected chi connectivity index (χ1v) is 8.42. The number of carboxylic acid groups (broad SMARTS) is 1. The third-order valence-corrected chi connectivity index (χ3v) is 5.93. The molecule has 5 nitrogen and oxygen atoms in total. The third kappa shape index (κ3) is 5.18. The zero-order valence-corrected chi connectivity index (χ0v) is 14.2. The Balaban J connectivity index is 2.61. The van der Waals surface area contributed by atoms with Crippen LogP contribution in [0.4, 0.5) is 0 Å². The Morgan fingerprint density at radius 3 is 2.38 bits per heavy atom. The van der Waals surface area contributed by atoms with E-state index < -0.39 is 11.9 Å². The summed E-state index contributed by atoms with van der Waals surface area (Å²) in [6.45, 7) is 9.76. The van der Waals surface area contributed by atoms with Crippen molar-refractivity contribution in [3.8, 4) is 0 Å². The van der Waals surface area contributed by atoms with Gasteiger partial charge in [0.25, 0.3) is 0 Å². The molecule has 21 heavy (non-hydrogen) atoms. The topological polar surface area (TPSA) is 72.8 Å². The highest BCUT2D eigenvalue weighted by atomic mass is 32.2. The maximum absolute atomic E-state index is 11.0. The number of carbonyl (C=O) groups excluding carboxylic acids is 1. The summed E-state index contributed by atoms with van der Waals surface area (Å²) >= 11 is 1.54. The molecule has 1 fully saturated rings. The molecule has 0 radical (unpaired) electrons. The summed E-state index contributed by atoms with van der Waals surface area (Å²) in [5.41, 5.74) is -0.0569. The van der Waals surface area contributed by atoms with Crippen molar-refractivity contribution in [2.24, 2.45) is 23.7 Å². The van der Waals surface area contributed by atoms with E-state index in [9.17, 15) is 9.59 Å². The molecule has 0 aromatic heterocycles. The molecule has 0 amide bonds. The van der Waals surface area contributed by atoms with E-state index in [4.69, 9.17) is 14.6 Å². The van der Waals surface area contributed by atoms with Gasteiger partial charge in [0, 0.05) is 12.7 Å². The van der Waals surface area contributed by atoms with E-state index in [2.05, 4.69) is 20.8 Å². The van der Waals surface area contributed by atoms with Crippen LogP contribution in [-0.4, -0.2) is 40.9 Å². The van der Waals surface area contributed by atoms with Crippen molar-refractivity contribution < 1.29 is 24.2 Å². The van der Waals surface area contributed by atoms with Gasteiger partial charge in [-0.3, -0.25) is 9.59 Å². The minimum atomic E-state index is -0.788. The minimum Gasteiger partial charge on any atom is -0.481 e. The zero-order chi connectivity index (χ0) is 16.2. The number of thioether (sulfide) groups is 1. The molecular formula is C15H26O5S. The zero-order valence-electron chi connectivity index (χ0n) is 13.4. The van der Waals surface area contributed by atoms with Gasteiger partial charge < -0.3 is 14.6 Å². The molecule has 0 aromatic rings. The van der Waals surface area contributed by atoms with Gasteiger partial charge in [-0.15, -0.1) is 11.8 Å². The number of hydrogen-bond acceptors (Lipinski definition) is 5. The molecule has 1 aliphatic rings. The second-order valence-corrected chi connectivity index (χ2v) is 7.13. The van der Waals surface area contributed by atoms with Gasteiger partial charge in [0.05, 0.1) is 12.0 Å². The quantitative estimate of drug-likeness (QED) is 0.759. The molecule has 1 heterocycles. The SMILES string of the molecule is CC(=O)OCC1O[C@@H](SCC(C)C(=O)O)C(C)[C@@H](C)[C@@H]1C. The lowest BCUT2D eigenvalue weighted by Crippen LogP contribution is -2.45. The average Bonchev–Trinajstić information content (AvgIpc) is 2.42. The highest BCUT2D eigenvalue weighted by molar-refractivity contribution is 7.99. The molecule has 6 atom stereocenters. The highest BCUT2D eigenvalue weighted by Crippen LogP contribution is 2.40. The molecule has 0 aliphatic carbocycles. The second kappa shape index (κ2) is 8.03. The van der Waals surface area contributed by atoms with Crippen molar-refractivity contribution in [1.29, 1.82) is 0 Å². The number of esters is 1. The van der Waals surface area contributed by atoms with Crippen LogP contribution in [0.3, 0.4) is 0 Å². The molecule has 0 spiro atoms. The van der Waals surface area contributed by atoms with Crippen molar-refractivity contribution in [2.45, 2.75) is 46.2 Å². The largest absolute Gasteiger partial charge is 0.481 e. The monoisotopic (exact) mass is 318 g/mol. The van der Waals surface area contributed by atoms with E-state index in [-0.39, 0.29) is 24.1 Å². The number of carboxylic acids is 1. The number of ether oxygens (including phenoxy) is 2. The van der Waals surface area contributed by atoms with Crippen LogP contribution in [0.25, 0.3) is 0 Å². The van der Waals surface area contributed by atoms with Crippen LogP contribution in [-0.2, 0) is 19.1 Å². The number of hydrogen-bond donors (Lipinski definition) is 1. The molecule has 1 N–H and O–H groups in total. The minimum absolute atomic E-state index is 0.0569. The number of aliphatic carboxylic acids is 1. The molecule has 0 saturated carbocycles. The smallest absolute Gasteiger partial charge is 0.307 e. The normalized spacial score (nSPS) is 34.2. The third-order valence-electron chi connectivity index (χ3n) is 4.37. The Bertz CT molecular complexity index is 373. The summed E-state index contributed by atoms with van der Waals surface area (Å²) in [6, 6.07) is 0. The van der Waals surface area contributed by atoms with Crippen molar-refractivity contribution in [3.05, 3.63) is 0 Å².